The number of rotatable bonds is 5. The quantitative estimate of drug-likeness (QED) is 0.536. The van der Waals surface area contributed by atoms with Gasteiger partial charge in [0.05, 0.1) is 9.82 Å². The van der Waals surface area contributed by atoms with Crippen LogP contribution in [0.3, 0.4) is 0 Å². The molecular formula is C16H14ClN3O4S. The zero-order valence-electron chi connectivity index (χ0n) is 13.1. The second-order valence-electron chi connectivity index (χ2n) is 5.25. The van der Waals surface area contributed by atoms with Gasteiger partial charge in [-0.1, -0.05) is 17.7 Å². The van der Waals surface area contributed by atoms with Crippen molar-refractivity contribution in [3.63, 3.8) is 0 Å². The molecule has 0 atom stereocenters. The van der Waals surface area contributed by atoms with E-state index in [1.165, 1.54) is 18.2 Å². The molecule has 1 heterocycles. The molecule has 7 nitrogen and oxygen atoms in total. The number of aromatic amines is 1. The smallest absolute Gasteiger partial charge is 0.295 e. The fourth-order valence-corrected chi connectivity index (χ4v) is 4.59. The molecule has 0 radical (unpaired) electrons. The summed E-state index contributed by atoms with van der Waals surface area (Å²) in [6, 6.07) is 10.4. The Morgan fingerprint density at radius 2 is 2.00 bits per heavy atom. The Bertz CT molecular complexity index is 1060. The summed E-state index contributed by atoms with van der Waals surface area (Å²) in [6.45, 7) is 1.65. The van der Waals surface area contributed by atoms with Gasteiger partial charge in [0.2, 0.25) is 0 Å². The van der Waals surface area contributed by atoms with E-state index in [0.29, 0.717) is 10.9 Å². The number of H-pyrrole nitrogens is 1. The molecule has 0 amide bonds. The Balaban J connectivity index is 2.22. The van der Waals surface area contributed by atoms with Crippen LogP contribution in [0, 0.1) is 10.1 Å². The number of aromatic nitrogens is 1. The van der Waals surface area contributed by atoms with Crippen molar-refractivity contribution in [1.82, 2.24) is 4.98 Å². The van der Waals surface area contributed by atoms with E-state index < -0.39 is 14.9 Å². The zero-order chi connectivity index (χ0) is 18.2. The molecule has 3 aromatic rings. The predicted molar refractivity (Wildman–Crippen MR) is 96.6 cm³/mol. The highest BCUT2D eigenvalue weighted by Crippen LogP contribution is 2.35. The molecule has 1 N–H and O–H groups in total. The molecule has 0 aliphatic heterocycles. The summed E-state index contributed by atoms with van der Waals surface area (Å²) in [7, 11) is -4.00. The van der Waals surface area contributed by atoms with E-state index >= 15 is 0 Å². The molecular weight excluding hydrogens is 366 g/mol. The maximum absolute atomic E-state index is 13.2. The molecule has 0 saturated carbocycles. The van der Waals surface area contributed by atoms with E-state index in [2.05, 4.69) is 4.98 Å². The molecule has 9 heteroatoms. The van der Waals surface area contributed by atoms with E-state index in [9.17, 15) is 18.5 Å². The van der Waals surface area contributed by atoms with Gasteiger partial charge in [-0.3, -0.25) is 14.4 Å². The van der Waals surface area contributed by atoms with Gasteiger partial charge in [0.25, 0.3) is 15.7 Å². The topological polar surface area (TPSA) is 96.3 Å². The minimum atomic E-state index is -4.00. The summed E-state index contributed by atoms with van der Waals surface area (Å²) in [6.07, 6.45) is 1.64. The number of hydrogen-bond acceptors (Lipinski definition) is 4. The maximum atomic E-state index is 13.2. The standard InChI is InChI=1S/C16H14ClN3O4S/c1-2-19(14-7-6-11(17)10-15(14)20(21)22)25(23,24)16-5-3-4-13-12(16)8-9-18-13/h3-10,18H,2H2,1H3. The number of benzene rings is 2. The van der Waals surface area contributed by atoms with E-state index in [-0.39, 0.29) is 27.8 Å². The minimum absolute atomic E-state index is 0.0237. The first-order chi connectivity index (χ1) is 11.9. The van der Waals surface area contributed by atoms with Crippen LogP contribution in [-0.4, -0.2) is 24.9 Å². The summed E-state index contributed by atoms with van der Waals surface area (Å²) in [4.78, 5) is 13.7. The van der Waals surface area contributed by atoms with Crippen LogP contribution in [0.4, 0.5) is 11.4 Å². The van der Waals surface area contributed by atoms with Gasteiger partial charge in [-0.05, 0) is 37.3 Å². The zero-order valence-corrected chi connectivity index (χ0v) is 14.7. The van der Waals surface area contributed by atoms with Crippen LogP contribution < -0.4 is 4.31 Å². The molecule has 0 aliphatic carbocycles. The SMILES string of the molecule is CCN(c1ccc(Cl)cc1[N+](=O)[O-])S(=O)(=O)c1cccc2[nH]ccc12. The van der Waals surface area contributed by atoms with Crippen LogP contribution in [0.2, 0.25) is 5.02 Å². The number of nitro groups is 1. The minimum Gasteiger partial charge on any atom is -0.361 e. The number of sulfonamides is 1. The van der Waals surface area contributed by atoms with Gasteiger partial charge in [0.15, 0.2) is 0 Å². The molecule has 130 valence electrons. The summed E-state index contributed by atoms with van der Waals surface area (Å²) in [5, 5.41) is 12.0. The Hall–Kier alpha value is -2.58. The van der Waals surface area contributed by atoms with Gasteiger partial charge in [0, 0.05) is 34.7 Å². The average molecular weight is 380 g/mol. The number of nitrogens with zero attached hydrogens (tertiary/aromatic N) is 2. The van der Waals surface area contributed by atoms with E-state index in [4.69, 9.17) is 11.6 Å². The van der Waals surface area contributed by atoms with Gasteiger partial charge >= 0.3 is 0 Å². The maximum Gasteiger partial charge on any atom is 0.295 e. The van der Waals surface area contributed by atoms with Crippen molar-refractivity contribution >= 4 is 43.9 Å². The monoisotopic (exact) mass is 379 g/mol. The van der Waals surface area contributed by atoms with E-state index in [0.717, 1.165) is 10.4 Å². The highest BCUT2D eigenvalue weighted by molar-refractivity contribution is 7.93. The highest BCUT2D eigenvalue weighted by atomic mass is 35.5. The van der Waals surface area contributed by atoms with Crippen molar-refractivity contribution in [3.8, 4) is 0 Å². The lowest BCUT2D eigenvalue weighted by Crippen LogP contribution is -2.31. The molecule has 0 unspecified atom stereocenters. The number of halogens is 1. The molecule has 0 spiro atoms. The summed E-state index contributed by atoms with van der Waals surface area (Å²) in [5.74, 6) is 0. The fraction of sp³-hybridized carbons (Fsp3) is 0.125. The third-order valence-corrected chi connectivity index (χ3v) is 6.00. The van der Waals surface area contributed by atoms with Crippen LogP contribution >= 0.6 is 11.6 Å². The van der Waals surface area contributed by atoms with E-state index in [1.807, 2.05) is 0 Å². The van der Waals surface area contributed by atoms with Crippen LogP contribution in [0.1, 0.15) is 6.92 Å². The normalized spacial score (nSPS) is 11.6. The lowest BCUT2D eigenvalue weighted by atomic mass is 10.2. The van der Waals surface area contributed by atoms with Crippen molar-refractivity contribution < 1.29 is 13.3 Å². The largest absolute Gasteiger partial charge is 0.361 e. The van der Waals surface area contributed by atoms with Gasteiger partial charge < -0.3 is 4.98 Å². The van der Waals surface area contributed by atoms with Crippen molar-refractivity contribution in [3.05, 3.63) is 63.8 Å². The van der Waals surface area contributed by atoms with Gasteiger partial charge in [0.1, 0.15) is 5.69 Å². The Kier molecular flexibility index (Phi) is 4.40. The molecule has 1 aromatic heterocycles. The first-order valence-electron chi connectivity index (χ1n) is 7.39. The van der Waals surface area contributed by atoms with Gasteiger partial charge in [-0.15, -0.1) is 0 Å². The number of nitro benzene ring substituents is 1. The van der Waals surface area contributed by atoms with Crippen LogP contribution in [0.15, 0.2) is 53.6 Å². The summed E-state index contributed by atoms with van der Waals surface area (Å²) in [5.41, 5.74) is 0.284. The molecule has 0 bridgehead atoms. The van der Waals surface area contributed by atoms with Gasteiger partial charge in [-0.25, -0.2) is 8.42 Å². The third-order valence-electron chi connectivity index (χ3n) is 3.81. The van der Waals surface area contributed by atoms with Crippen LogP contribution in [0.5, 0.6) is 0 Å². The Labute approximate surface area is 149 Å². The molecule has 0 aliphatic rings. The van der Waals surface area contributed by atoms with Crippen molar-refractivity contribution in [2.24, 2.45) is 0 Å². The lowest BCUT2D eigenvalue weighted by molar-refractivity contribution is -0.384. The van der Waals surface area contributed by atoms with Crippen molar-refractivity contribution in [2.45, 2.75) is 11.8 Å². The Morgan fingerprint density at radius 1 is 1.24 bits per heavy atom. The number of hydrogen-bond donors (Lipinski definition) is 1. The van der Waals surface area contributed by atoms with Crippen molar-refractivity contribution in [1.29, 1.82) is 0 Å². The third kappa shape index (κ3) is 2.94. The first kappa shape index (κ1) is 17.2. The second kappa shape index (κ2) is 6.38. The molecule has 25 heavy (non-hydrogen) atoms. The van der Waals surface area contributed by atoms with Gasteiger partial charge in [-0.2, -0.15) is 0 Å². The van der Waals surface area contributed by atoms with E-state index in [1.54, 1.807) is 31.3 Å². The summed E-state index contributed by atoms with van der Waals surface area (Å²) >= 11 is 5.83. The summed E-state index contributed by atoms with van der Waals surface area (Å²) < 4.78 is 27.4. The second-order valence-corrected chi connectivity index (χ2v) is 7.52. The molecule has 2 aromatic carbocycles. The number of fused-ring (bicyclic) bond motifs is 1. The van der Waals surface area contributed by atoms with Crippen LogP contribution in [0.25, 0.3) is 10.9 Å². The highest BCUT2D eigenvalue weighted by Gasteiger charge is 2.30. The molecule has 0 saturated heterocycles. The predicted octanol–water partition coefficient (Wildman–Crippen LogP) is 3.94. The average Bonchev–Trinajstić information content (AvgIpc) is 3.04. The molecule has 0 fully saturated rings. The number of anilines is 1. The lowest BCUT2D eigenvalue weighted by Gasteiger charge is -2.23. The first-order valence-corrected chi connectivity index (χ1v) is 9.21. The Morgan fingerprint density at radius 3 is 2.68 bits per heavy atom. The molecule has 3 rings (SSSR count). The van der Waals surface area contributed by atoms with Crippen LogP contribution in [-0.2, 0) is 10.0 Å². The number of nitrogens with one attached hydrogen (secondary N) is 1. The van der Waals surface area contributed by atoms with Crippen molar-refractivity contribution in [2.75, 3.05) is 10.8 Å². The fourth-order valence-electron chi connectivity index (χ4n) is 2.72.